The first-order valence-corrected chi connectivity index (χ1v) is 8.69. The van der Waals surface area contributed by atoms with Crippen molar-refractivity contribution in [2.45, 2.75) is 44.9 Å². The van der Waals surface area contributed by atoms with Crippen LogP contribution < -0.4 is 16.4 Å². The van der Waals surface area contributed by atoms with Crippen molar-refractivity contribution in [3.8, 4) is 0 Å². The Balaban J connectivity index is 2.60. The van der Waals surface area contributed by atoms with Crippen molar-refractivity contribution in [2.75, 3.05) is 23.9 Å². The summed E-state index contributed by atoms with van der Waals surface area (Å²) in [7, 11) is 0. The normalized spacial score (nSPS) is 13.1. The maximum Gasteiger partial charge on any atom is 0.265 e. The van der Waals surface area contributed by atoms with Crippen LogP contribution in [-0.4, -0.2) is 34.5 Å². The van der Waals surface area contributed by atoms with E-state index in [0.29, 0.717) is 21.8 Å². The van der Waals surface area contributed by atoms with Gasteiger partial charge in [0.15, 0.2) is 5.13 Å². The number of amides is 1. The van der Waals surface area contributed by atoms with E-state index in [2.05, 4.69) is 28.8 Å². The summed E-state index contributed by atoms with van der Waals surface area (Å²) in [4.78, 5) is 16.7. The van der Waals surface area contributed by atoms with Crippen LogP contribution in [0.4, 0.5) is 10.9 Å². The number of nitrogens with zero attached hydrogens (tertiary/aromatic N) is 1. The van der Waals surface area contributed by atoms with Gasteiger partial charge in [-0.25, -0.2) is 4.98 Å². The van der Waals surface area contributed by atoms with Gasteiger partial charge in [-0.3, -0.25) is 4.79 Å². The highest BCUT2D eigenvalue weighted by atomic mass is 32.2. The summed E-state index contributed by atoms with van der Waals surface area (Å²) in [5.74, 6) is 0.146. The molecule has 7 heteroatoms. The first kappa shape index (κ1) is 17.1. The van der Waals surface area contributed by atoms with E-state index < -0.39 is 0 Å². The number of nitrogen functional groups attached to an aromatic ring is 1. The molecule has 0 saturated carbocycles. The molecule has 4 N–H and O–H groups in total. The monoisotopic (exact) mass is 316 g/mol. The van der Waals surface area contributed by atoms with E-state index in [0.717, 1.165) is 6.42 Å². The maximum atomic E-state index is 12.1. The molecule has 1 aromatic heterocycles. The molecule has 1 aromatic rings. The molecule has 1 heterocycles. The van der Waals surface area contributed by atoms with Crippen LogP contribution in [0.25, 0.3) is 0 Å². The van der Waals surface area contributed by atoms with Crippen molar-refractivity contribution in [2.24, 2.45) is 0 Å². The third kappa shape index (κ3) is 5.58. The van der Waals surface area contributed by atoms with Crippen molar-refractivity contribution < 1.29 is 4.79 Å². The Morgan fingerprint density at radius 2 is 2.15 bits per heavy atom. The average Bonchev–Trinajstić information content (AvgIpc) is 2.67. The second kappa shape index (κ2) is 7.17. The summed E-state index contributed by atoms with van der Waals surface area (Å²) >= 11 is 3.08. The molecule has 1 amide bonds. The third-order valence-electron chi connectivity index (χ3n) is 2.58. The molecule has 0 fully saturated rings. The summed E-state index contributed by atoms with van der Waals surface area (Å²) in [5.41, 5.74) is 5.71. The minimum Gasteiger partial charge on any atom is -0.382 e. The van der Waals surface area contributed by atoms with Gasteiger partial charge in [0.05, 0.1) is 0 Å². The van der Waals surface area contributed by atoms with Crippen LogP contribution in [0.3, 0.4) is 0 Å². The number of anilines is 2. The van der Waals surface area contributed by atoms with Gasteiger partial charge in [0, 0.05) is 17.3 Å². The molecule has 0 saturated heterocycles. The van der Waals surface area contributed by atoms with E-state index in [4.69, 9.17) is 5.73 Å². The Kier molecular flexibility index (Phi) is 6.13. The van der Waals surface area contributed by atoms with Crippen LogP contribution in [0.1, 0.15) is 43.8 Å². The topological polar surface area (TPSA) is 80.0 Å². The number of carbonyl (C=O) groups excluding carboxylic acids is 1. The minimum atomic E-state index is -0.143. The van der Waals surface area contributed by atoms with Crippen LogP contribution in [-0.2, 0) is 0 Å². The average molecular weight is 316 g/mol. The standard InChI is InChI=1S/C13H24N4OS2/c1-8(19-5)6-7-15-11(18)9-10(14)16-12(20-9)17-13(2,3)4/h8H,6-7,14H2,1-5H3,(H,15,18)(H,16,17). The molecule has 1 rings (SSSR count). The van der Waals surface area contributed by atoms with Crippen LogP contribution in [0.2, 0.25) is 0 Å². The lowest BCUT2D eigenvalue weighted by Gasteiger charge is -2.19. The van der Waals surface area contributed by atoms with Gasteiger partial charge in [-0.15, -0.1) is 0 Å². The zero-order chi connectivity index (χ0) is 15.3. The molecule has 5 nitrogen and oxygen atoms in total. The minimum absolute atomic E-state index is 0.105. The van der Waals surface area contributed by atoms with Crippen LogP contribution in [0.5, 0.6) is 0 Å². The predicted molar refractivity (Wildman–Crippen MR) is 89.8 cm³/mol. The van der Waals surface area contributed by atoms with Gasteiger partial charge in [-0.1, -0.05) is 18.3 Å². The summed E-state index contributed by atoms with van der Waals surface area (Å²) < 4.78 is 0. The molecule has 1 atom stereocenters. The molecule has 0 aromatic carbocycles. The fraction of sp³-hybridized carbons (Fsp3) is 0.692. The lowest BCUT2D eigenvalue weighted by atomic mass is 10.1. The molecule has 0 bridgehead atoms. The first-order chi connectivity index (χ1) is 9.23. The fourth-order valence-electron chi connectivity index (χ4n) is 1.46. The van der Waals surface area contributed by atoms with Gasteiger partial charge < -0.3 is 16.4 Å². The van der Waals surface area contributed by atoms with Crippen molar-refractivity contribution in [3.63, 3.8) is 0 Å². The molecule has 0 aliphatic rings. The first-order valence-electron chi connectivity index (χ1n) is 6.58. The zero-order valence-corrected chi connectivity index (χ0v) is 14.4. The molecular weight excluding hydrogens is 292 g/mol. The van der Waals surface area contributed by atoms with Crippen LogP contribution in [0, 0.1) is 0 Å². The summed E-state index contributed by atoms with van der Waals surface area (Å²) in [6.07, 6.45) is 3.01. The number of hydrogen-bond acceptors (Lipinski definition) is 6. The van der Waals surface area contributed by atoms with E-state index in [1.54, 1.807) is 11.8 Å². The second-order valence-electron chi connectivity index (χ2n) is 5.70. The largest absolute Gasteiger partial charge is 0.382 e. The predicted octanol–water partition coefficient (Wildman–Crippen LogP) is 2.81. The Labute approximate surface area is 129 Å². The highest BCUT2D eigenvalue weighted by Gasteiger charge is 2.19. The van der Waals surface area contributed by atoms with E-state index in [9.17, 15) is 4.79 Å². The Morgan fingerprint density at radius 3 is 2.70 bits per heavy atom. The van der Waals surface area contributed by atoms with Crippen LogP contribution >= 0.6 is 23.1 Å². The van der Waals surface area contributed by atoms with E-state index in [1.165, 1.54) is 11.3 Å². The van der Waals surface area contributed by atoms with Crippen molar-refractivity contribution in [1.29, 1.82) is 0 Å². The number of thioether (sulfide) groups is 1. The van der Waals surface area contributed by atoms with Crippen molar-refractivity contribution in [3.05, 3.63) is 4.88 Å². The zero-order valence-electron chi connectivity index (χ0n) is 12.7. The van der Waals surface area contributed by atoms with Crippen molar-refractivity contribution >= 4 is 40.0 Å². The van der Waals surface area contributed by atoms with Crippen molar-refractivity contribution in [1.82, 2.24) is 10.3 Å². The Morgan fingerprint density at radius 1 is 1.50 bits per heavy atom. The van der Waals surface area contributed by atoms with Crippen LogP contribution in [0.15, 0.2) is 0 Å². The molecule has 0 aliphatic heterocycles. The quantitative estimate of drug-likeness (QED) is 0.752. The number of nitrogens with two attached hydrogens (primary N) is 1. The number of hydrogen-bond donors (Lipinski definition) is 3. The number of nitrogens with one attached hydrogen (secondary N) is 2. The Bertz CT molecular complexity index is 454. The molecular formula is C13H24N4OS2. The summed E-state index contributed by atoms with van der Waals surface area (Å²) in [6.45, 7) is 8.90. The number of thiazole rings is 1. The van der Waals surface area contributed by atoms with Gasteiger partial charge in [-0.05, 0) is 33.4 Å². The molecule has 0 radical (unpaired) electrons. The molecule has 1 unspecified atom stereocenters. The SMILES string of the molecule is CSC(C)CCNC(=O)c1sc(NC(C)(C)C)nc1N. The van der Waals surface area contributed by atoms with Gasteiger partial charge in [-0.2, -0.15) is 11.8 Å². The highest BCUT2D eigenvalue weighted by Crippen LogP contribution is 2.27. The molecule has 20 heavy (non-hydrogen) atoms. The van der Waals surface area contributed by atoms with Gasteiger partial charge in [0.1, 0.15) is 10.7 Å². The molecule has 114 valence electrons. The summed E-state index contributed by atoms with van der Waals surface area (Å²) in [6, 6.07) is 0. The molecule has 0 aliphatic carbocycles. The Hall–Kier alpha value is -0.950. The maximum absolute atomic E-state index is 12.1. The fourth-order valence-corrected chi connectivity index (χ4v) is 2.82. The highest BCUT2D eigenvalue weighted by molar-refractivity contribution is 7.99. The number of aromatic nitrogens is 1. The lowest BCUT2D eigenvalue weighted by molar-refractivity contribution is 0.0958. The second-order valence-corrected chi connectivity index (χ2v) is 7.97. The third-order valence-corrected chi connectivity index (χ3v) is 4.61. The lowest BCUT2D eigenvalue weighted by Crippen LogP contribution is -2.26. The molecule has 0 spiro atoms. The van der Waals surface area contributed by atoms with Gasteiger partial charge in [0.25, 0.3) is 5.91 Å². The smallest absolute Gasteiger partial charge is 0.265 e. The number of carbonyl (C=O) groups is 1. The van der Waals surface area contributed by atoms with Gasteiger partial charge >= 0.3 is 0 Å². The van der Waals surface area contributed by atoms with E-state index >= 15 is 0 Å². The van der Waals surface area contributed by atoms with E-state index in [-0.39, 0.29) is 17.3 Å². The summed E-state index contributed by atoms with van der Waals surface area (Å²) in [5, 5.41) is 7.33. The van der Waals surface area contributed by atoms with Gasteiger partial charge in [0.2, 0.25) is 0 Å². The number of rotatable bonds is 6. The van der Waals surface area contributed by atoms with E-state index in [1.807, 2.05) is 20.8 Å².